The van der Waals surface area contributed by atoms with Crippen molar-refractivity contribution in [2.24, 2.45) is 5.92 Å². The summed E-state index contributed by atoms with van der Waals surface area (Å²) in [5.41, 5.74) is 1.17. The first-order valence-electron chi connectivity index (χ1n) is 9.44. The van der Waals surface area contributed by atoms with Crippen LogP contribution in [0, 0.1) is 11.7 Å². The molecule has 0 saturated heterocycles. The summed E-state index contributed by atoms with van der Waals surface area (Å²) < 4.78 is 18.8. The summed E-state index contributed by atoms with van der Waals surface area (Å²) in [5.74, 6) is -0.180. The number of pyridine rings is 1. The fraction of sp³-hybridized carbons (Fsp3) is 0.381. The van der Waals surface area contributed by atoms with Crippen LogP contribution in [0.5, 0.6) is 5.75 Å². The van der Waals surface area contributed by atoms with Crippen molar-refractivity contribution in [3.05, 3.63) is 41.3 Å². The van der Waals surface area contributed by atoms with Crippen LogP contribution in [0.15, 0.2) is 30.5 Å². The average Bonchev–Trinajstić information content (AvgIpc) is 2.69. The lowest BCUT2D eigenvalue weighted by molar-refractivity contribution is -0.123. The Kier molecular flexibility index (Phi) is 6.69. The van der Waals surface area contributed by atoms with Gasteiger partial charge in [0.05, 0.1) is 12.1 Å². The number of carbonyl (C=O) groups is 2. The van der Waals surface area contributed by atoms with E-state index in [1.165, 1.54) is 32.4 Å². The molecule has 1 aromatic heterocycles. The first-order valence-corrected chi connectivity index (χ1v) is 9.82. The maximum absolute atomic E-state index is 13.5. The highest BCUT2D eigenvalue weighted by Crippen LogP contribution is 2.36. The molecule has 29 heavy (non-hydrogen) atoms. The molecule has 1 saturated carbocycles. The van der Waals surface area contributed by atoms with Gasteiger partial charge in [-0.2, -0.15) is 0 Å². The summed E-state index contributed by atoms with van der Waals surface area (Å²) in [5, 5.41) is 6.08. The van der Waals surface area contributed by atoms with Gasteiger partial charge in [-0.25, -0.2) is 9.37 Å². The number of hydrogen-bond donors (Lipinski definition) is 2. The van der Waals surface area contributed by atoms with Gasteiger partial charge >= 0.3 is 0 Å². The molecule has 0 bridgehead atoms. The Labute approximate surface area is 173 Å². The van der Waals surface area contributed by atoms with Crippen LogP contribution in [-0.2, 0) is 9.59 Å². The lowest BCUT2D eigenvalue weighted by atomic mass is 9.85. The van der Waals surface area contributed by atoms with E-state index in [1.807, 2.05) is 0 Å². The highest BCUT2D eigenvalue weighted by atomic mass is 35.5. The van der Waals surface area contributed by atoms with Gasteiger partial charge in [0.1, 0.15) is 17.4 Å². The number of amides is 2. The quantitative estimate of drug-likeness (QED) is 0.761. The fourth-order valence-electron chi connectivity index (χ4n) is 3.68. The smallest absolute Gasteiger partial charge is 0.228 e. The van der Waals surface area contributed by atoms with Gasteiger partial charge in [-0.1, -0.05) is 18.0 Å². The minimum absolute atomic E-state index is 0.00853. The molecular formula is C21H23ClFN3O3. The first-order chi connectivity index (χ1) is 13.9. The summed E-state index contributed by atoms with van der Waals surface area (Å²) in [4.78, 5) is 28.2. The van der Waals surface area contributed by atoms with E-state index in [0.717, 1.165) is 19.3 Å². The lowest BCUT2D eigenvalue weighted by Crippen LogP contribution is -2.40. The van der Waals surface area contributed by atoms with E-state index >= 15 is 0 Å². The number of nitrogens with one attached hydrogen (secondary N) is 2. The molecular weight excluding hydrogens is 397 g/mol. The van der Waals surface area contributed by atoms with Gasteiger partial charge in [0.15, 0.2) is 0 Å². The highest BCUT2D eigenvalue weighted by Gasteiger charge is 2.28. The van der Waals surface area contributed by atoms with Crippen LogP contribution in [-0.4, -0.2) is 29.9 Å². The molecule has 0 unspecified atom stereocenters. The molecule has 6 nitrogen and oxygen atoms in total. The van der Waals surface area contributed by atoms with E-state index in [9.17, 15) is 14.0 Å². The third-order valence-corrected chi connectivity index (χ3v) is 5.31. The average molecular weight is 420 g/mol. The first kappa shape index (κ1) is 21.0. The molecule has 2 amide bonds. The summed E-state index contributed by atoms with van der Waals surface area (Å²) in [6.45, 7) is 1.48. The number of ether oxygens (including phenoxy) is 1. The Morgan fingerprint density at radius 3 is 2.76 bits per heavy atom. The molecule has 8 heteroatoms. The van der Waals surface area contributed by atoms with Crippen LogP contribution in [0.3, 0.4) is 0 Å². The maximum Gasteiger partial charge on any atom is 0.228 e. The van der Waals surface area contributed by atoms with Crippen LogP contribution in [0.1, 0.15) is 32.6 Å². The Hall–Kier alpha value is -2.67. The van der Waals surface area contributed by atoms with Crippen molar-refractivity contribution in [1.82, 2.24) is 10.3 Å². The van der Waals surface area contributed by atoms with Crippen LogP contribution >= 0.6 is 11.6 Å². The third-order valence-electron chi connectivity index (χ3n) is 5.01. The van der Waals surface area contributed by atoms with Crippen LogP contribution in [0.2, 0.25) is 5.02 Å². The lowest BCUT2D eigenvalue weighted by Gasteiger charge is -2.28. The number of methoxy groups -OCH3 is 1. The van der Waals surface area contributed by atoms with Crippen molar-refractivity contribution in [1.29, 1.82) is 0 Å². The molecule has 1 aliphatic carbocycles. The number of nitrogens with zero attached hydrogens (tertiary/aromatic N) is 1. The normalized spacial score (nSPS) is 18.8. The second kappa shape index (κ2) is 9.22. The fourth-order valence-corrected chi connectivity index (χ4v) is 3.88. The molecule has 1 heterocycles. The van der Waals surface area contributed by atoms with E-state index in [2.05, 4.69) is 15.6 Å². The summed E-state index contributed by atoms with van der Waals surface area (Å²) in [6.07, 6.45) is 4.54. The molecule has 2 N–H and O–H groups in total. The number of benzene rings is 1. The minimum atomic E-state index is -0.421. The number of anilines is 1. The van der Waals surface area contributed by atoms with Gasteiger partial charge in [-0.05, 0) is 37.5 Å². The number of hydrogen-bond acceptors (Lipinski definition) is 4. The number of rotatable bonds is 5. The second-order valence-electron chi connectivity index (χ2n) is 7.14. The van der Waals surface area contributed by atoms with Crippen molar-refractivity contribution < 1.29 is 18.7 Å². The van der Waals surface area contributed by atoms with E-state index < -0.39 is 5.82 Å². The number of aromatic nitrogens is 1. The minimum Gasteiger partial charge on any atom is -0.496 e. The number of halogens is 2. The molecule has 0 spiro atoms. The van der Waals surface area contributed by atoms with Gasteiger partial charge < -0.3 is 15.4 Å². The van der Waals surface area contributed by atoms with E-state index in [1.54, 1.807) is 12.1 Å². The van der Waals surface area contributed by atoms with E-state index in [-0.39, 0.29) is 23.8 Å². The Morgan fingerprint density at radius 1 is 1.24 bits per heavy atom. The second-order valence-corrected chi connectivity index (χ2v) is 7.55. The summed E-state index contributed by atoms with van der Waals surface area (Å²) in [7, 11) is 1.45. The summed E-state index contributed by atoms with van der Waals surface area (Å²) in [6, 6.07) is 5.81. The largest absolute Gasteiger partial charge is 0.496 e. The van der Waals surface area contributed by atoms with Gasteiger partial charge in [0, 0.05) is 42.3 Å². The van der Waals surface area contributed by atoms with Crippen LogP contribution in [0.4, 0.5) is 10.2 Å². The molecule has 1 aliphatic rings. The predicted octanol–water partition coefficient (Wildman–Crippen LogP) is 4.18. The maximum atomic E-state index is 13.5. The van der Waals surface area contributed by atoms with Crippen molar-refractivity contribution in [3.63, 3.8) is 0 Å². The predicted molar refractivity (Wildman–Crippen MR) is 109 cm³/mol. The van der Waals surface area contributed by atoms with Gasteiger partial charge in [-0.15, -0.1) is 0 Å². The zero-order valence-corrected chi connectivity index (χ0v) is 17.1. The SMILES string of the molecule is COc1cc(F)ccc1-c1cc(NC(=O)[C@@H]2CCC[C@H](NC(C)=O)C2)ncc1Cl. The van der Waals surface area contributed by atoms with E-state index in [4.69, 9.17) is 16.3 Å². The standard InChI is InChI=1S/C21H23ClFN3O3/c1-12(27)25-15-5-3-4-13(8-15)21(28)26-20-10-17(18(22)11-24-20)16-7-6-14(23)9-19(16)29-2/h6-7,9-11,13,15H,3-5,8H2,1-2H3,(H,25,27)(H,24,26,28)/t13-,15+/m1/s1. The Morgan fingerprint density at radius 2 is 2.03 bits per heavy atom. The van der Waals surface area contributed by atoms with Gasteiger partial charge in [-0.3, -0.25) is 9.59 Å². The molecule has 1 fully saturated rings. The highest BCUT2D eigenvalue weighted by molar-refractivity contribution is 6.33. The van der Waals surface area contributed by atoms with Crippen molar-refractivity contribution in [3.8, 4) is 16.9 Å². The molecule has 2 atom stereocenters. The van der Waals surface area contributed by atoms with Crippen LogP contribution in [0.25, 0.3) is 11.1 Å². The molecule has 0 aliphatic heterocycles. The molecule has 1 aromatic carbocycles. The zero-order chi connectivity index (χ0) is 21.0. The topological polar surface area (TPSA) is 80.3 Å². The van der Waals surface area contributed by atoms with Crippen molar-refractivity contribution in [2.75, 3.05) is 12.4 Å². The molecule has 154 valence electrons. The number of carbonyl (C=O) groups excluding carboxylic acids is 2. The zero-order valence-electron chi connectivity index (χ0n) is 16.3. The molecule has 2 aromatic rings. The molecule has 0 radical (unpaired) electrons. The van der Waals surface area contributed by atoms with Crippen molar-refractivity contribution in [2.45, 2.75) is 38.6 Å². The third kappa shape index (κ3) is 5.23. The van der Waals surface area contributed by atoms with E-state index in [0.29, 0.717) is 34.1 Å². The Bertz CT molecular complexity index is 922. The molecule has 3 rings (SSSR count). The monoisotopic (exact) mass is 419 g/mol. The van der Waals surface area contributed by atoms with Gasteiger partial charge in [0.25, 0.3) is 0 Å². The van der Waals surface area contributed by atoms with Crippen LogP contribution < -0.4 is 15.4 Å². The van der Waals surface area contributed by atoms with Crippen molar-refractivity contribution >= 4 is 29.2 Å². The Balaban J connectivity index is 1.78. The summed E-state index contributed by atoms with van der Waals surface area (Å²) >= 11 is 6.29. The van der Waals surface area contributed by atoms with Gasteiger partial charge in [0.2, 0.25) is 11.8 Å².